The quantitative estimate of drug-likeness (QED) is 0.700. The predicted octanol–water partition coefficient (Wildman–Crippen LogP) is 4.55. The molecular weight excluding hydrogens is 414 g/mol. The minimum Gasteiger partial charge on any atom is -0.512 e. The van der Waals surface area contributed by atoms with Crippen LogP contribution in [0, 0.1) is 5.92 Å². The molecule has 7 nitrogen and oxygen atoms in total. The van der Waals surface area contributed by atoms with Crippen LogP contribution in [0.25, 0.3) is 0 Å². The highest BCUT2D eigenvalue weighted by molar-refractivity contribution is 5.76. The van der Waals surface area contributed by atoms with E-state index in [-0.39, 0.29) is 11.8 Å². The van der Waals surface area contributed by atoms with E-state index >= 15 is 0 Å². The molecule has 33 heavy (non-hydrogen) atoms. The van der Waals surface area contributed by atoms with Gasteiger partial charge in [0.1, 0.15) is 0 Å². The van der Waals surface area contributed by atoms with Crippen molar-refractivity contribution in [3.05, 3.63) is 53.6 Å². The summed E-state index contributed by atoms with van der Waals surface area (Å²) in [5.74, 6) is 1.75. The molecule has 1 atom stereocenters. The molecule has 2 fully saturated rings. The summed E-state index contributed by atoms with van der Waals surface area (Å²) in [6.07, 6.45) is 9.86. The number of rotatable bonds is 5. The van der Waals surface area contributed by atoms with Crippen molar-refractivity contribution in [3.63, 3.8) is 0 Å². The molecule has 1 aliphatic heterocycles. The minimum absolute atomic E-state index is 0.000401. The van der Waals surface area contributed by atoms with Crippen molar-refractivity contribution in [2.45, 2.75) is 51.4 Å². The fourth-order valence-corrected chi connectivity index (χ4v) is 5.47. The number of carbonyl (C=O) groups is 1. The zero-order chi connectivity index (χ0) is 22.8. The number of nitrogens with zero attached hydrogens (tertiary/aromatic N) is 4. The number of aromatic nitrogens is 2. The number of fused-ring (bicyclic) bond motifs is 1. The average molecular weight is 448 g/mol. The first-order chi connectivity index (χ1) is 16.1. The minimum atomic E-state index is 0.000401. The summed E-state index contributed by atoms with van der Waals surface area (Å²) >= 11 is 0. The Labute approximate surface area is 195 Å². The first kappa shape index (κ1) is 21.7. The maximum atomic E-state index is 11.9. The zero-order valence-corrected chi connectivity index (χ0v) is 19.3. The third kappa shape index (κ3) is 4.54. The summed E-state index contributed by atoms with van der Waals surface area (Å²) in [6.45, 7) is 5.18. The Hall–Kier alpha value is -3.09. The fraction of sp³-hybridized carbons (Fsp3) is 0.500. The van der Waals surface area contributed by atoms with Crippen molar-refractivity contribution >= 4 is 23.2 Å². The Kier molecular flexibility index (Phi) is 6.20. The second kappa shape index (κ2) is 9.41. The highest BCUT2D eigenvalue weighted by atomic mass is 16.3. The Bertz CT molecular complexity index is 1020. The van der Waals surface area contributed by atoms with E-state index in [2.05, 4.69) is 27.3 Å². The van der Waals surface area contributed by atoms with Crippen LogP contribution in [0.4, 0.5) is 17.3 Å². The number of benzene rings is 1. The normalized spacial score (nSPS) is 21.0. The lowest BCUT2D eigenvalue weighted by Gasteiger charge is -2.36. The second-order valence-corrected chi connectivity index (χ2v) is 9.35. The second-order valence-electron chi connectivity index (χ2n) is 9.35. The first-order valence-electron chi connectivity index (χ1n) is 12.3. The molecule has 5 rings (SSSR count). The van der Waals surface area contributed by atoms with E-state index in [9.17, 15) is 9.90 Å². The standard InChI is InChI=1S/C26H33N5O2/c1-2-23(33)31-15-13-30(14-16-31)21-10-8-20(9-11-21)28-26-27-17-19-7-12-22(32)24(25(19)29-26)18-5-3-4-6-18/h8-12,17-18,24,32H,2-7,13-16H2,1H3,(H,27,28,29). The lowest BCUT2D eigenvalue weighted by molar-refractivity contribution is -0.131. The number of aliphatic hydroxyl groups excluding tert-OH is 1. The maximum Gasteiger partial charge on any atom is 0.227 e. The summed E-state index contributed by atoms with van der Waals surface area (Å²) in [4.78, 5) is 25.6. The Morgan fingerprint density at radius 2 is 1.85 bits per heavy atom. The van der Waals surface area contributed by atoms with E-state index in [4.69, 9.17) is 4.98 Å². The predicted molar refractivity (Wildman–Crippen MR) is 130 cm³/mol. The van der Waals surface area contributed by atoms with Crippen LogP contribution < -0.4 is 10.2 Å². The van der Waals surface area contributed by atoms with E-state index in [1.54, 1.807) is 0 Å². The molecule has 1 unspecified atom stereocenters. The van der Waals surface area contributed by atoms with E-state index in [1.165, 1.54) is 12.8 Å². The molecule has 3 aliphatic rings. The lowest BCUT2D eigenvalue weighted by Crippen LogP contribution is -2.48. The molecule has 1 saturated heterocycles. The lowest BCUT2D eigenvalue weighted by atomic mass is 9.81. The number of amides is 1. The van der Waals surface area contributed by atoms with Gasteiger partial charge in [0.2, 0.25) is 11.9 Å². The number of piperazine rings is 1. The molecule has 7 heteroatoms. The van der Waals surface area contributed by atoms with Crippen molar-refractivity contribution < 1.29 is 9.90 Å². The monoisotopic (exact) mass is 447 g/mol. The molecule has 2 heterocycles. The third-order valence-corrected chi connectivity index (χ3v) is 7.34. The molecule has 2 aliphatic carbocycles. The Balaban J connectivity index is 1.26. The van der Waals surface area contributed by atoms with Crippen LogP contribution in [0.5, 0.6) is 0 Å². The van der Waals surface area contributed by atoms with Gasteiger partial charge in [-0.3, -0.25) is 4.79 Å². The molecule has 1 saturated carbocycles. The Morgan fingerprint density at radius 3 is 2.55 bits per heavy atom. The third-order valence-electron chi connectivity index (χ3n) is 7.34. The number of allylic oxidation sites excluding steroid dienone is 2. The number of carbonyl (C=O) groups excluding carboxylic acids is 1. The maximum absolute atomic E-state index is 11.9. The van der Waals surface area contributed by atoms with Gasteiger partial charge < -0.3 is 20.2 Å². The molecule has 2 aromatic rings. The number of hydrogen-bond acceptors (Lipinski definition) is 6. The van der Waals surface area contributed by atoms with Gasteiger partial charge >= 0.3 is 0 Å². The molecular formula is C26H33N5O2. The number of anilines is 3. The highest BCUT2D eigenvalue weighted by Gasteiger charge is 2.34. The van der Waals surface area contributed by atoms with Gasteiger partial charge in [0, 0.05) is 50.2 Å². The molecule has 174 valence electrons. The number of aliphatic hydroxyl groups is 1. The van der Waals surface area contributed by atoms with Crippen LogP contribution in [-0.4, -0.2) is 52.1 Å². The smallest absolute Gasteiger partial charge is 0.227 e. The Morgan fingerprint density at radius 1 is 1.12 bits per heavy atom. The first-order valence-corrected chi connectivity index (χ1v) is 12.3. The summed E-state index contributed by atoms with van der Waals surface area (Å²) in [7, 11) is 0. The summed E-state index contributed by atoms with van der Waals surface area (Å²) < 4.78 is 0. The van der Waals surface area contributed by atoms with Crippen LogP contribution in [-0.2, 0) is 11.2 Å². The number of hydrogen-bond donors (Lipinski definition) is 2. The number of nitrogens with one attached hydrogen (secondary N) is 1. The molecule has 2 N–H and O–H groups in total. The van der Waals surface area contributed by atoms with Crippen molar-refractivity contribution in [1.29, 1.82) is 0 Å². The van der Waals surface area contributed by atoms with Crippen molar-refractivity contribution in [1.82, 2.24) is 14.9 Å². The van der Waals surface area contributed by atoms with Crippen molar-refractivity contribution in [2.75, 3.05) is 36.4 Å². The van der Waals surface area contributed by atoms with Crippen LogP contribution in [0.1, 0.15) is 56.2 Å². The van der Waals surface area contributed by atoms with Gasteiger partial charge in [0.25, 0.3) is 0 Å². The molecule has 1 amide bonds. The largest absolute Gasteiger partial charge is 0.512 e. The summed E-state index contributed by atoms with van der Waals surface area (Å²) in [5.41, 5.74) is 4.19. The summed E-state index contributed by atoms with van der Waals surface area (Å²) in [5, 5.41) is 14.0. The van der Waals surface area contributed by atoms with Gasteiger partial charge in [0.05, 0.1) is 17.4 Å². The summed E-state index contributed by atoms with van der Waals surface area (Å²) in [6, 6.07) is 8.31. The van der Waals surface area contributed by atoms with Gasteiger partial charge in [-0.05, 0) is 61.1 Å². The zero-order valence-electron chi connectivity index (χ0n) is 19.3. The van der Waals surface area contributed by atoms with Crippen molar-refractivity contribution in [3.8, 4) is 0 Å². The SMILES string of the molecule is CCC(=O)N1CCN(c2ccc(Nc3ncc4c(n3)C(C3CCCC3)C(O)=CC4)cc2)CC1. The van der Waals surface area contributed by atoms with E-state index < -0.39 is 0 Å². The van der Waals surface area contributed by atoms with Crippen LogP contribution in [0.2, 0.25) is 0 Å². The van der Waals surface area contributed by atoms with Gasteiger partial charge in [-0.15, -0.1) is 0 Å². The van der Waals surface area contributed by atoms with E-state index in [0.29, 0.717) is 30.5 Å². The van der Waals surface area contributed by atoms with E-state index in [0.717, 1.165) is 61.7 Å². The highest BCUT2D eigenvalue weighted by Crippen LogP contribution is 2.43. The molecule has 0 radical (unpaired) electrons. The van der Waals surface area contributed by atoms with Crippen LogP contribution >= 0.6 is 0 Å². The molecule has 1 aromatic carbocycles. The van der Waals surface area contributed by atoms with Crippen LogP contribution in [0.3, 0.4) is 0 Å². The molecule has 0 spiro atoms. The molecule has 1 aromatic heterocycles. The fourth-order valence-electron chi connectivity index (χ4n) is 5.47. The van der Waals surface area contributed by atoms with Crippen LogP contribution in [0.15, 0.2) is 42.3 Å². The van der Waals surface area contributed by atoms with Gasteiger partial charge in [-0.1, -0.05) is 19.8 Å². The van der Waals surface area contributed by atoms with Gasteiger partial charge in [-0.2, -0.15) is 0 Å². The average Bonchev–Trinajstić information content (AvgIpc) is 3.38. The van der Waals surface area contributed by atoms with Gasteiger partial charge in [-0.25, -0.2) is 9.97 Å². The topological polar surface area (TPSA) is 81.6 Å². The van der Waals surface area contributed by atoms with Gasteiger partial charge in [0.15, 0.2) is 0 Å². The van der Waals surface area contributed by atoms with Crippen molar-refractivity contribution in [2.24, 2.45) is 5.92 Å². The van der Waals surface area contributed by atoms with E-state index in [1.807, 2.05) is 36.2 Å². The molecule has 0 bridgehead atoms.